The quantitative estimate of drug-likeness (QED) is 0.432. The highest BCUT2D eigenvalue weighted by Gasteiger charge is 2.19. The second-order valence-corrected chi connectivity index (χ2v) is 8.27. The molecule has 0 spiro atoms. The molecule has 0 bridgehead atoms. The maximum atomic E-state index is 6.45. The largest absolute Gasteiger partial charge is 0.368 e. The third-order valence-corrected chi connectivity index (χ3v) is 5.82. The number of hydrogen-bond acceptors (Lipinski definition) is 6. The van der Waals surface area contributed by atoms with Gasteiger partial charge in [0.2, 0.25) is 5.95 Å². The molecule has 5 nitrogen and oxygen atoms in total. The van der Waals surface area contributed by atoms with Gasteiger partial charge in [-0.05, 0) is 53.2 Å². The molecule has 0 saturated carbocycles. The molecular weight excluding hydrogens is 434 g/mol. The molecule has 1 aliphatic heterocycles. The minimum Gasteiger partial charge on any atom is -0.368 e. The zero-order chi connectivity index (χ0) is 18.4. The van der Waals surface area contributed by atoms with E-state index < -0.39 is 0 Å². The fourth-order valence-electron chi connectivity index (χ4n) is 3.36. The molecule has 150 valence electrons. The van der Waals surface area contributed by atoms with Crippen molar-refractivity contribution in [3.8, 4) is 0 Å². The van der Waals surface area contributed by atoms with Gasteiger partial charge in [-0.3, -0.25) is 4.90 Å². The summed E-state index contributed by atoms with van der Waals surface area (Å²) in [7, 11) is 0. The molecule has 0 radical (unpaired) electrons. The lowest BCUT2D eigenvalue weighted by molar-refractivity contribution is 0.182. The lowest BCUT2D eigenvalue weighted by Gasteiger charge is -2.31. The zero-order valence-corrected chi connectivity index (χ0v) is 19.9. The van der Waals surface area contributed by atoms with Gasteiger partial charge in [-0.1, -0.05) is 11.6 Å². The minimum atomic E-state index is 0. The molecule has 0 amide bonds. The third kappa shape index (κ3) is 6.43. The summed E-state index contributed by atoms with van der Waals surface area (Å²) in [4.78, 5) is 15.0. The average molecular weight is 467 g/mol. The summed E-state index contributed by atoms with van der Waals surface area (Å²) in [5.41, 5.74) is 0. The predicted octanol–water partition coefficient (Wildman–Crippen LogP) is 4.95. The number of thioether (sulfide) groups is 1. The van der Waals surface area contributed by atoms with Crippen molar-refractivity contribution in [2.75, 3.05) is 42.7 Å². The van der Waals surface area contributed by atoms with Crippen LogP contribution in [0.2, 0.25) is 5.15 Å². The van der Waals surface area contributed by atoms with Crippen LogP contribution in [0.1, 0.15) is 47.0 Å². The lowest BCUT2D eigenvalue weighted by Crippen LogP contribution is -2.40. The van der Waals surface area contributed by atoms with E-state index >= 15 is 0 Å². The molecule has 1 aliphatic rings. The van der Waals surface area contributed by atoms with Gasteiger partial charge in [0.15, 0.2) is 0 Å². The smallest absolute Gasteiger partial charge is 0.228 e. The van der Waals surface area contributed by atoms with Crippen LogP contribution >= 0.6 is 40.3 Å². The SMILES string of the molecule is Br.CSc1c(Cl)nc(N2CCCCC2)nc1NCCN(C(C)C)C(C)C. The highest BCUT2D eigenvalue weighted by atomic mass is 79.9. The number of aromatic nitrogens is 2. The van der Waals surface area contributed by atoms with Gasteiger partial charge in [-0.25, -0.2) is 0 Å². The van der Waals surface area contributed by atoms with E-state index in [0.29, 0.717) is 17.2 Å². The fourth-order valence-corrected chi connectivity index (χ4v) is 4.29. The Kier molecular flexibility index (Phi) is 10.6. The van der Waals surface area contributed by atoms with Gasteiger partial charge in [0.1, 0.15) is 11.0 Å². The number of piperidine rings is 1. The molecule has 8 heteroatoms. The van der Waals surface area contributed by atoms with Crippen molar-refractivity contribution < 1.29 is 0 Å². The molecule has 1 aromatic rings. The summed E-state index contributed by atoms with van der Waals surface area (Å²) in [6.45, 7) is 12.8. The summed E-state index contributed by atoms with van der Waals surface area (Å²) < 4.78 is 0. The van der Waals surface area contributed by atoms with Gasteiger partial charge in [0.05, 0.1) is 4.90 Å². The van der Waals surface area contributed by atoms with Crippen molar-refractivity contribution in [3.05, 3.63) is 5.15 Å². The van der Waals surface area contributed by atoms with Crippen LogP contribution in [0.5, 0.6) is 0 Å². The number of nitrogens with one attached hydrogen (secondary N) is 1. The lowest BCUT2D eigenvalue weighted by atomic mass is 10.1. The van der Waals surface area contributed by atoms with Crippen molar-refractivity contribution in [1.82, 2.24) is 14.9 Å². The van der Waals surface area contributed by atoms with Crippen LogP contribution in [0, 0.1) is 0 Å². The summed E-state index contributed by atoms with van der Waals surface area (Å²) in [5, 5.41) is 4.05. The molecule has 0 aromatic carbocycles. The standard InChI is InChI=1S/C18H32ClN5S.BrH/c1-13(2)24(14(3)4)12-9-20-17-15(25-5)16(19)21-18(22-17)23-10-7-6-8-11-23;/h13-14H,6-12H2,1-5H3,(H,20,21,22);1H. The molecule has 0 atom stereocenters. The van der Waals surface area contributed by atoms with Gasteiger partial charge in [0, 0.05) is 38.3 Å². The number of rotatable bonds is 8. The number of halogens is 2. The summed E-state index contributed by atoms with van der Waals surface area (Å²) in [6.07, 6.45) is 5.71. The first kappa shape index (κ1) is 23.8. The van der Waals surface area contributed by atoms with E-state index in [1.165, 1.54) is 19.3 Å². The Morgan fingerprint density at radius 2 is 1.73 bits per heavy atom. The van der Waals surface area contributed by atoms with Crippen molar-refractivity contribution in [2.45, 2.75) is 63.9 Å². The van der Waals surface area contributed by atoms with E-state index in [0.717, 1.165) is 42.8 Å². The van der Waals surface area contributed by atoms with Crippen LogP contribution in [-0.2, 0) is 0 Å². The highest BCUT2D eigenvalue weighted by molar-refractivity contribution is 8.93. The van der Waals surface area contributed by atoms with Crippen LogP contribution in [0.4, 0.5) is 11.8 Å². The van der Waals surface area contributed by atoms with Crippen LogP contribution in [-0.4, -0.2) is 59.4 Å². The van der Waals surface area contributed by atoms with E-state index in [-0.39, 0.29) is 17.0 Å². The van der Waals surface area contributed by atoms with Crippen LogP contribution in [0.15, 0.2) is 4.90 Å². The van der Waals surface area contributed by atoms with Gasteiger partial charge in [-0.2, -0.15) is 9.97 Å². The highest BCUT2D eigenvalue weighted by Crippen LogP contribution is 2.32. The maximum Gasteiger partial charge on any atom is 0.228 e. The molecule has 2 heterocycles. The van der Waals surface area contributed by atoms with E-state index in [9.17, 15) is 0 Å². The summed E-state index contributed by atoms with van der Waals surface area (Å²) >= 11 is 8.04. The molecule has 1 N–H and O–H groups in total. The van der Waals surface area contributed by atoms with Gasteiger partial charge >= 0.3 is 0 Å². The monoisotopic (exact) mass is 465 g/mol. The first-order valence-electron chi connectivity index (χ1n) is 9.30. The minimum absolute atomic E-state index is 0. The van der Waals surface area contributed by atoms with Crippen LogP contribution < -0.4 is 10.2 Å². The van der Waals surface area contributed by atoms with Crippen LogP contribution in [0.3, 0.4) is 0 Å². The molecule has 1 fully saturated rings. The Morgan fingerprint density at radius 3 is 2.27 bits per heavy atom. The van der Waals surface area contributed by atoms with Crippen molar-refractivity contribution in [1.29, 1.82) is 0 Å². The van der Waals surface area contributed by atoms with Gasteiger partial charge in [0.25, 0.3) is 0 Å². The predicted molar refractivity (Wildman–Crippen MR) is 121 cm³/mol. The number of nitrogens with zero attached hydrogens (tertiary/aromatic N) is 4. The van der Waals surface area contributed by atoms with E-state index in [2.05, 4.69) is 47.8 Å². The van der Waals surface area contributed by atoms with Gasteiger partial charge < -0.3 is 10.2 Å². The summed E-state index contributed by atoms with van der Waals surface area (Å²) in [6, 6.07) is 1.06. The molecule has 26 heavy (non-hydrogen) atoms. The number of anilines is 2. The number of hydrogen-bond donors (Lipinski definition) is 1. The van der Waals surface area contributed by atoms with Crippen LogP contribution in [0.25, 0.3) is 0 Å². The van der Waals surface area contributed by atoms with Crippen molar-refractivity contribution in [2.24, 2.45) is 0 Å². The zero-order valence-electron chi connectivity index (χ0n) is 16.6. The molecule has 2 rings (SSSR count). The normalized spacial score (nSPS) is 14.9. The van der Waals surface area contributed by atoms with Crippen molar-refractivity contribution in [3.63, 3.8) is 0 Å². The first-order valence-corrected chi connectivity index (χ1v) is 10.9. The first-order chi connectivity index (χ1) is 11.9. The Morgan fingerprint density at radius 1 is 1.12 bits per heavy atom. The summed E-state index contributed by atoms with van der Waals surface area (Å²) in [5.74, 6) is 1.62. The van der Waals surface area contributed by atoms with E-state index in [1.807, 2.05) is 6.26 Å². The van der Waals surface area contributed by atoms with E-state index in [1.54, 1.807) is 11.8 Å². The molecule has 1 saturated heterocycles. The second kappa shape index (κ2) is 11.6. The Bertz CT molecular complexity index is 545. The molecule has 0 aliphatic carbocycles. The molecule has 1 aromatic heterocycles. The van der Waals surface area contributed by atoms with E-state index in [4.69, 9.17) is 16.6 Å². The second-order valence-electron chi connectivity index (χ2n) is 7.10. The Hall–Kier alpha value is -0.240. The Labute approximate surface area is 178 Å². The van der Waals surface area contributed by atoms with Gasteiger partial charge in [-0.15, -0.1) is 28.7 Å². The molecule has 0 unspecified atom stereocenters. The fraction of sp³-hybridized carbons (Fsp3) is 0.778. The topological polar surface area (TPSA) is 44.3 Å². The third-order valence-electron chi connectivity index (χ3n) is 4.64. The van der Waals surface area contributed by atoms with Crippen molar-refractivity contribution >= 4 is 52.1 Å². The Balaban J connectivity index is 0.00000338. The maximum absolute atomic E-state index is 6.45. The average Bonchev–Trinajstić information content (AvgIpc) is 2.58. The molecular formula is C18H33BrClN5S.